The number of hydrogen-bond donors (Lipinski definition) is 0. The minimum absolute atomic E-state index is 0.588. The van der Waals surface area contributed by atoms with E-state index in [0.29, 0.717) is 19.8 Å². The van der Waals surface area contributed by atoms with Crippen molar-refractivity contribution in [1.29, 1.82) is 0 Å². The van der Waals surface area contributed by atoms with Gasteiger partial charge in [0.05, 0.1) is 0 Å². The second kappa shape index (κ2) is 12.5. The molecule has 0 saturated heterocycles. The minimum atomic E-state index is 0.588. The van der Waals surface area contributed by atoms with Crippen molar-refractivity contribution in [2.75, 3.05) is 39.5 Å². The van der Waals surface area contributed by atoms with Crippen LogP contribution in [0.4, 0.5) is 0 Å². The molecule has 0 aliphatic carbocycles. The number of benzene rings is 6. The van der Waals surface area contributed by atoms with Crippen molar-refractivity contribution in [3.05, 3.63) is 127 Å². The van der Waals surface area contributed by atoms with Crippen LogP contribution in [0.2, 0.25) is 0 Å². The fourth-order valence-electron chi connectivity index (χ4n) is 4.98. The Morgan fingerprint density at radius 3 is 0.975 bits per heavy atom. The molecule has 0 bridgehead atoms. The largest absolute Gasteiger partial charge is 0.492 e. The summed E-state index contributed by atoms with van der Waals surface area (Å²) in [6, 6.07) is 43.8. The topological polar surface area (TPSA) is 30.9 Å². The van der Waals surface area contributed by atoms with Crippen LogP contribution >= 0.6 is 0 Å². The smallest absolute Gasteiger partial charge is 0.120 e. The molecule has 200 valence electrons. The van der Waals surface area contributed by atoms with Gasteiger partial charge in [-0.1, -0.05) is 91.0 Å². The van der Waals surface area contributed by atoms with Gasteiger partial charge in [-0.25, -0.2) is 0 Å². The third-order valence-electron chi connectivity index (χ3n) is 7.19. The molecule has 6 aromatic carbocycles. The van der Waals surface area contributed by atoms with Crippen LogP contribution in [0.3, 0.4) is 0 Å². The summed E-state index contributed by atoms with van der Waals surface area (Å²) in [6.45, 7) is 4.08. The van der Waals surface area contributed by atoms with Crippen LogP contribution in [0.5, 0.6) is 17.2 Å². The number of fused-ring (bicyclic) bond motifs is 3. The lowest BCUT2D eigenvalue weighted by Gasteiger charge is -2.23. The summed E-state index contributed by atoms with van der Waals surface area (Å²) in [7, 11) is 0. The summed E-state index contributed by atoms with van der Waals surface area (Å²) in [5.41, 5.74) is 0. The van der Waals surface area contributed by atoms with Crippen molar-refractivity contribution in [3.63, 3.8) is 0 Å². The van der Waals surface area contributed by atoms with Gasteiger partial charge in [0.1, 0.15) is 37.1 Å². The molecule has 0 radical (unpaired) electrons. The van der Waals surface area contributed by atoms with E-state index >= 15 is 0 Å². The number of nitrogens with zero attached hydrogens (tertiary/aromatic N) is 1. The first-order chi connectivity index (χ1) is 19.8. The highest BCUT2D eigenvalue weighted by Crippen LogP contribution is 2.23. The van der Waals surface area contributed by atoms with Crippen molar-refractivity contribution in [3.8, 4) is 17.2 Å². The van der Waals surface area contributed by atoms with E-state index in [0.717, 1.165) is 36.9 Å². The monoisotopic (exact) mass is 527 g/mol. The van der Waals surface area contributed by atoms with Gasteiger partial charge in [-0.05, 0) is 68.7 Å². The summed E-state index contributed by atoms with van der Waals surface area (Å²) < 4.78 is 18.4. The van der Waals surface area contributed by atoms with Crippen molar-refractivity contribution < 1.29 is 14.2 Å². The minimum Gasteiger partial charge on any atom is -0.492 e. The van der Waals surface area contributed by atoms with Gasteiger partial charge >= 0.3 is 0 Å². The van der Waals surface area contributed by atoms with Crippen LogP contribution < -0.4 is 14.2 Å². The maximum Gasteiger partial charge on any atom is 0.120 e. The van der Waals surface area contributed by atoms with Crippen LogP contribution in [-0.4, -0.2) is 44.4 Å². The fraction of sp³-hybridized carbons (Fsp3) is 0.167. The van der Waals surface area contributed by atoms with Gasteiger partial charge in [-0.3, -0.25) is 4.90 Å². The molecule has 0 spiro atoms. The summed E-state index contributed by atoms with van der Waals surface area (Å²) in [4.78, 5) is 2.34. The third kappa shape index (κ3) is 6.53. The molecule has 6 rings (SSSR count). The first kappa shape index (κ1) is 25.7. The Morgan fingerprint density at radius 1 is 0.350 bits per heavy atom. The van der Waals surface area contributed by atoms with E-state index in [1.165, 1.54) is 32.3 Å². The molecule has 0 amide bonds. The summed E-state index contributed by atoms with van der Waals surface area (Å²) in [6.07, 6.45) is 0. The number of ether oxygens (including phenoxy) is 3. The van der Waals surface area contributed by atoms with Crippen LogP contribution in [0, 0.1) is 0 Å². The van der Waals surface area contributed by atoms with Crippen molar-refractivity contribution >= 4 is 32.3 Å². The molecular weight excluding hydrogens is 494 g/mol. The molecule has 0 aliphatic heterocycles. The zero-order chi connectivity index (χ0) is 27.0. The molecule has 40 heavy (non-hydrogen) atoms. The molecule has 4 nitrogen and oxygen atoms in total. The number of hydrogen-bond acceptors (Lipinski definition) is 4. The summed E-state index contributed by atoms with van der Waals surface area (Å²) in [5.74, 6) is 2.66. The van der Waals surface area contributed by atoms with Gasteiger partial charge < -0.3 is 14.2 Å². The Hall–Kier alpha value is -4.54. The summed E-state index contributed by atoms with van der Waals surface area (Å²) in [5, 5.41) is 7.20. The molecule has 0 heterocycles. The first-order valence-corrected chi connectivity index (χ1v) is 13.9. The van der Waals surface area contributed by atoms with Gasteiger partial charge in [-0.15, -0.1) is 0 Å². The van der Waals surface area contributed by atoms with Crippen LogP contribution in [0.15, 0.2) is 127 Å². The van der Waals surface area contributed by atoms with E-state index < -0.39 is 0 Å². The average molecular weight is 528 g/mol. The maximum absolute atomic E-state index is 6.15. The molecule has 0 aliphatic rings. The van der Waals surface area contributed by atoms with E-state index in [2.05, 4.69) is 114 Å². The Kier molecular flexibility index (Phi) is 8.07. The highest BCUT2D eigenvalue weighted by atomic mass is 16.5. The van der Waals surface area contributed by atoms with Gasteiger partial charge in [-0.2, -0.15) is 0 Å². The summed E-state index contributed by atoms with van der Waals surface area (Å²) >= 11 is 0. The normalized spacial score (nSPS) is 11.3. The van der Waals surface area contributed by atoms with Gasteiger partial charge in [0.2, 0.25) is 0 Å². The lowest BCUT2D eigenvalue weighted by atomic mass is 10.1. The zero-order valence-electron chi connectivity index (χ0n) is 22.5. The predicted molar refractivity (Wildman–Crippen MR) is 165 cm³/mol. The molecule has 0 saturated carbocycles. The standard InChI is InChI=1S/C36H33NO3/c1-4-10-31-25-34(16-13-28(31)7-1)38-22-19-37(20-23-39-35-17-14-29-8-2-5-11-32(29)26-35)21-24-40-36-18-15-30-9-3-6-12-33(30)27-36/h1-18,25-27H,19-24H2. The van der Waals surface area contributed by atoms with Crippen LogP contribution in [0.25, 0.3) is 32.3 Å². The Labute approximate surface area is 235 Å². The molecule has 0 atom stereocenters. The molecule has 0 N–H and O–H groups in total. The van der Waals surface area contributed by atoms with Crippen molar-refractivity contribution in [1.82, 2.24) is 4.90 Å². The van der Waals surface area contributed by atoms with Crippen molar-refractivity contribution in [2.45, 2.75) is 0 Å². The maximum atomic E-state index is 6.15. The Morgan fingerprint density at radius 2 is 0.650 bits per heavy atom. The van der Waals surface area contributed by atoms with E-state index in [4.69, 9.17) is 14.2 Å². The lowest BCUT2D eigenvalue weighted by Crippen LogP contribution is -2.35. The fourth-order valence-corrected chi connectivity index (χ4v) is 4.98. The SMILES string of the molecule is c1ccc2cc(OCCN(CCOc3ccc4ccccc4c3)CCOc3ccc4ccccc4c3)ccc2c1. The lowest BCUT2D eigenvalue weighted by molar-refractivity contribution is 0.153. The highest BCUT2D eigenvalue weighted by molar-refractivity contribution is 5.85. The third-order valence-corrected chi connectivity index (χ3v) is 7.19. The van der Waals surface area contributed by atoms with Gasteiger partial charge in [0, 0.05) is 19.6 Å². The molecular formula is C36H33NO3. The van der Waals surface area contributed by atoms with E-state index in [-0.39, 0.29) is 0 Å². The van der Waals surface area contributed by atoms with Gasteiger partial charge in [0.15, 0.2) is 0 Å². The Bertz CT molecular complexity index is 1510. The van der Waals surface area contributed by atoms with E-state index in [9.17, 15) is 0 Å². The zero-order valence-corrected chi connectivity index (χ0v) is 22.5. The van der Waals surface area contributed by atoms with Crippen LogP contribution in [-0.2, 0) is 0 Å². The van der Waals surface area contributed by atoms with E-state index in [1.54, 1.807) is 0 Å². The second-order valence-electron chi connectivity index (χ2n) is 9.91. The predicted octanol–water partition coefficient (Wildman–Crippen LogP) is 7.99. The first-order valence-electron chi connectivity index (χ1n) is 13.9. The quantitative estimate of drug-likeness (QED) is 0.161. The molecule has 6 aromatic rings. The van der Waals surface area contributed by atoms with Crippen molar-refractivity contribution in [2.24, 2.45) is 0 Å². The molecule has 0 unspecified atom stereocenters. The molecule has 0 aromatic heterocycles. The van der Waals surface area contributed by atoms with Crippen LogP contribution in [0.1, 0.15) is 0 Å². The highest BCUT2D eigenvalue weighted by Gasteiger charge is 2.08. The molecule has 0 fully saturated rings. The Balaban J connectivity index is 1.06. The molecule has 4 heteroatoms. The van der Waals surface area contributed by atoms with E-state index in [1.807, 2.05) is 18.2 Å². The van der Waals surface area contributed by atoms with Gasteiger partial charge in [0.25, 0.3) is 0 Å². The average Bonchev–Trinajstić information content (AvgIpc) is 3.00. The second-order valence-corrected chi connectivity index (χ2v) is 9.91. The number of rotatable bonds is 12.